The molecule has 0 aromatic heterocycles. The van der Waals surface area contributed by atoms with Crippen LogP contribution in [-0.2, 0) is 125 Å². The number of carbonyl (C=O) groups excluding carboxylic acids is 2. The Morgan fingerprint density at radius 1 is 0.452 bits per heavy atom. The largest absolute Gasteiger partial charge is 0.435 e. The van der Waals surface area contributed by atoms with Crippen LogP contribution in [-0.4, -0.2) is 266 Å². The second-order valence-electron chi connectivity index (χ2n) is 15.7. The van der Waals surface area contributed by atoms with Gasteiger partial charge in [-0.25, -0.2) is 29.0 Å². The number of hydrogen-bond acceptors (Lipinski definition) is 38. The molecule has 426 valence electrons. The van der Waals surface area contributed by atoms with Crippen molar-refractivity contribution in [2.24, 2.45) is 17.2 Å². The van der Waals surface area contributed by atoms with Crippen molar-refractivity contribution in [3.8, 4) is 0 Å². The smallest absolute Gasteiger partial charge is 0.397 e. The summed E-state index contributed by atoms with van der Waals surface area (Å²) in [5, 5.41) is 105. The van der Waals surface area contributed by atoms with E-state index in [1.807, 2.05) is 0 Å². The molecule has 5 aliphatic heterocycles. The number of aliphatic hydroxyl groups is 6. The third-order valence-electron chi connectivity index (χ3n) is 11.3. The van der Waals surface area contributed by atoms with E-state index in [4.69, 9.17) is 98.2 Å². The minimum absolute atomic E-state index is 0.241. The van der Waals surface area contributed by atoms with Crippen molar-refractivity contribution in [1.82, 2.24) is 0 Å². The summed E-state index contributed by atoms with van der Waals surface area (Å²) in [6.45, 7) is -3.69. The van der Waals surface area contributed by atoms with E-state index in [1.165, 1.54) is 0 Å². The highest BCUT2D eigenvalue weighted by Crippen LogP contribution is 2.37. The average molecular weight is 1120 g/mol. The van der Waals surface area contributed by atoms with Gasteiger partial charge >= 0.3 is 20.8 Å². The van der Waals surface area contributed by atoms with Gasteiger partial charge in [0.25, 0.3) is 12.9 Å². The van der Waals surface area contributed by atoms with Crippen molar-refractivity contribution in [1.29, 1.82) is 0 Å². The highest BCUT2D eigenvalue weighted by Gasteiger charge is 2.58. The van der Waals surface area contributed by atoms with Crippen LogP contribution in [0.2, 0.25) is 0 Å². The number of methoxy groups -OCH3 is 1. The van der Waals surface area contributed by atoms with Crippen LogP contribution in [0.5, 0.6) is 0 Å². The van der Waals surface area contributed by atoms with Gasteiger partial charge in [-0.2, -0.15) is 26.6 Å². The number of carbonyl (C=O) groups is 2. The molecule has 5 aliphatic rings. The van der Waals surface area contributed by atoms with Gasteiger partial charge in [-0.3, -0.25) is 18.7 Å². The number of hydrogen-bond donors (Lipinski definition) is 14. The molecule has 73 heavy (non-hydrogen) atoms. The lowest BCUT2D eigenvalue weighted by atomic mass is 9.95. The molecule has 40 nitrogen and oxygen atoms in total. The van der Waals surface area contributed by atoms with E-state index >= 15 is 0 Å². The molecule has 5 saturated heterocycles. The van der Waals surface area contributed by atoms with Gasteiger partial charge in [0.2, 0.25) is 12.6 Å². The third kappa shape index (κ3) is 15.4. The average Bonchev–Trinajstić information content (AvgIpc) is 3.33. The van der Waals surface area contributed by atoms with Gasteiger partial charge in [0.05, 0.1) is 31.3 Å². The first-order valence-electron chi connectivity index (χ1n) is 20.5. The molecule has 10 unspecified atom stereocenters. The first kappa shape index (κ1) is 61.4. The predicted molar refractivity (Wildman–Crippen MR) is 206 cm³/mol. The predicted octanol–water partition coefficient (Wildman–Crippen LogP) is -10.2. The Labute approximate surface area is 408 Å². The first-order chi connectivity index (χ1) is 34.4. The lowest BCUT2D eigenvalue weighted by Crippen LogP contribution is -2.70. The van der Waals surface area contributed by atoms with Gasteiger partial charge in [-0.15, -0.1) is 0 Å². The van der Waals surface area contributed by atoms with Crippen LogP contribution >= 0.6 is 0 Å². The minimum atomic E-state index is -5.15. The van der Waals surface area contributed by atoms with E-state index in [1.54, 1.807) is 0 Å². The molecule has 5 fully saturated rings. The molecule has 0 bridgehead atoms. The maximum atomic E-state index is 11.8. The van der Waals surface area contributed by atoms with Crippen LogP contribution in [0.3, 0.4) is 0 Å². The number of rotatable bonds is 26. The van der Waals surface area contributed by atoms with Crippen LogP contribution < -0.4 is 17.2 Å². The monoisotopic (exact) mass is 1120 g/mol. The maximum Gasteiger partial charge on any atom is 0.397 e. The molecule has 0 aromatic carbocycles. The highest BCUT2D eigenvalue weighted by molar-refractivity contribution is 7.81. The summed E-state index contributed by atoms with van der Waals surface area (Å²) in [7, 11) is -9.17. The summed E-state index contributed by atoms with van der Waals surface area (Å²) >= 11 is 0. The third-order valence-corrected chi connectivity index (χ3v) is 12.1. The summed E-state index contributed by atoms with van der Waals surface area (Å²) < 4.78 is 137. The molecule has 17 N–H and O–H groups in total. The zero-order valence-corrected chi connectivity index (χ0v) is 38.4. The van der Waals surface area contributed by atoms with Crippen molar-refractivity contribution in [3.05, 3.63) is 0 Å². The van der Waals surface area contributed by atoms with Crippen molar-refractivity contribution in [2.75, 3.05) is 26.9 Å². The van der Waals surface area contributed by atoms with Gasteiger partial charge in [-0.1, -0.05) is 15.1 Å². The van der Waals surface area contributed by atoms with E-state index in [2.05, 4.69) is 28.4 Å². The minimum Gasteiger partial charge on any atom is -0.435 e. The van der Waals surface area contributed by atoms with E-state index in [-0.39, 0.29) is 12.9 Å². The number of nitrogens with two attached hydrogens (primary N) is 3. The lowest BCUT2D eigenvalue weighted by Gasteiger charge is -2.49. The topological polar surface area (TPSA) is 588 Å². The van der Waals surface area contributed by atoms with Gasteiger partial charge in [0, 0.05) is 7.11 Å². The van der Waals surface area contributed by atoms with Gasteiger partial charge in [0.1, 0.15) is 79.9 Å². The fourth-order valence-electron chi connectivity index (χ4n) is 7.80. The van der Waals surface area contributed by atoms with E-state index in [0.29, 0.717) is 0 Å². The molecular weight excluding hydrogens is 1070 g/mol. The summed E-state index contributed by atoms with van der Waals surface area (Å²) in [5.41, 5.74) is 18.3. The summed E-state index contributed by atoms with van der Waals surface area (Å²) in [4.78, 5) is 37.6. The van der Waals surface area contributed by atoms with Crippen LogP contribution in [0, 0.1) is 0 Å². The zero-order valence-electron chi connectivity index (χ0n) is 36.8. The molecule has 0 amide bonds. The van der Waals surface area contributed by atoms with E-state index < -0.39 is 194 Å². The Kier molecular flexibility index (Phi) is 22.9. The Balaban J connectivity index is 1.36. The van der Waals surface area contributed by atoms with Crippen molar-refractivity contribution >= 4 is 33.7 Å². The van der Waals surface area contributed by atoms with Crippen LogP contribution in [0.4, 0.5) is 0 Å². The molecular formula is C31H53N3O37S2. The van der Waals surface area contributed by atoms with E-state index in [9.17, 15) is 67.6 Å². The molecule has 5 heterocycles. The molecule has 0 aliphatic carbocycles. The molecule has 0 saturated carbocycles. The molecule has 42 heteroatoms. The Morgan fingerprint density at radius 3 is 1.47 bits per heavy atom. The second kappa shape index (κ2) is 27.2. The SMILES string of the molecule is CO[C@H]1OC(COS(=O)(=O)O)[C@@H](OC2OC(OC=O)[C@H](O[C@@H]3OC(COOO)[C@@H](O[C@@H]4OC(OC=O)[C@@H](O[C@H]5OC(COS(=O)(=O)O)[C@@H](O)[C@H](O)C5N)[C@H](O)C4O)[C@H](OOO)C3N)[C@@H](O)[C@@H]2OOO)[C@H](O)C1N. The maximum absolute atomic E-state index is 11.8. The Morgan fingerprint density at radius 2 is 0.918 bits per heavy atom. The normalized spacial score (nSPS) is 43.8. The molecule has 5 rings (SSSR count). The van der Waals surface area contributed by atoms with Crippen molar-refractivity contribution < 1.29 is 177 Å². The standard InChI is InChI=1S/C31H53N3O37S2/c1-52-25-11(33)15(39)19(9(59-25)4-57-73(49,50)51)61-31-24(68-71-45)18(42)23(30(66-31)54-6-36)64-27-12(34)21(67-70-44)20(8(60-27)2-55-69-43)62-28-17(41)16(40)22(29(65-28)53-5-35)63-26-10(32)14(38)13(37)7(58-26)3-56-72(46,47)48/h5-31,37-45H,2-4,32-34H2,1H3,(H,46,47,48)(H,49,50,51)/t7?,8?,9?,10?,11?,12?,13-,14-,15-,16-,17?,18-,19-,20-,21-,22+,23-,24+,25+,26-,27+,28-,29?,30?,31?/m1/s1. The fraction of sp³-hybridized carbons (Fsp3) is 0.935. The molecule has 0 spiro atoms. The number of ether oxygens (including phenoxy) is 12. The van der Waals surface area contributed by atoms with Gasteiger partial charge in [-0.05, 0) is 0 Å². The lowest BCUT2D eigenvalue weighted by molar-refractivity contribution is -0.540. The van der Waals surface area contributed by atoms with Gasteiger partial charge < -0.3 is 105 Å². The van der Waals surface area contributed by atoms with Crippen molar-refractivity contribution in [3.63, 3.8) is 0 Å². The summed E-state index contributed by atoms with van der Waals surface area (Å²) in [5.74, 6) is 0. The molecule has 25 atom stereocenters. The van der Waals surface area contributed by atoms with E-state index in [0.717, 1.165) is 7.11 Å². The molecule has 0 radical (unpaired) electrons. The highest BCUT2D eigenvalue weighted by atomic mass is 32.3. The molecule has 0 aromatic rings. The fourth-order valence-corrected chi connectivity index (χ4v) is 8.41. The Bertz CT molecular complexity index is 1940. The van der Waals surface area contributed by atoms with Crippen LogP contribution in [0.1, 0.15) is 0 Å². The van der Waals surface area contributed by atoms with Gasteiger partial charge in [0.15, 0.2) is 49.8 Å². The zero-order chi connectivity index (χ0) is 54.1. The Hall–Kier alpha value is -2.44. The van der Waals surface area contributed by atoms with Crippen LogP contribution in [0.15, 0.2) is 0 Å². The first-order valence-corrected chi connectivity index (χ1v) is 23.2. The quantitative estimate of drug-likeness (QED) is 0.0165. The summed E-state index contributed by atoms with van der Waals surface area (Å²) in [6, 6.07) is -5.11. The van der Waals surface area contributed by atoms with Crippen molar-refractivity contribution in [2.45, 2.75) is 154 Å². The number of aliphatic hydroxyl groups excluding tert-OH is 6. The summed E-state index contributed by atoms with van der Waals surface area (Å²) in [6.07, 6.45) is -44.6. The van der Waals surface area contributed by atoms with Crippen LogP contribution in [0.25, 0.3) is 0 Å². The second-order valence-corrected chi connectivity index (χ2v) is 17.9.